The van der Waals surface area contributed by atoms with Crippen LogP contribution >= 0.6 is 0 Å². The lowest BCUT2D eigenvalue weighted by molar-refractivity contribution is -0.160. The first-order valence-corrected chi connectivity index (χ1v) is 7.04. The van der Waals surface area contributed by atoms with Crippen molar-refractivity contribution in [1.29, 1.82) is 0 Å². The maximum atomic E-state index is 11.9. The zero-order valence-electron chi connectivity index (χ0n) is 12.0. The molecule has 1 aliphatic rings. The average Bonchev–Trinajstić information content (AvgIpc) is 2.54. The van der Waals surface area contributed by atoms with Gasteiger partial charge >= 0.3 is 11.9 Å². The first kappa shape index (κ1) is 15.3. The molecular weight excluding hydrogens is 268 g/mol. The Labute approximate surface area is 124 Å². The van der Waals surface area contributed by atoms with Crippen LogP contribution in [0.1, 0.15) is 31.2 Å². The molecule has 2 rings (SSSR count). The highest BCUT2D eigenvalue weighted by molar-refractivity contribution is 5.97. The minimum Gasteiger partial charge on any atom is -0.383 e. The number of methoxy groups -OCH3 is 1. The summed E-state index contributed by atoms with van der Waals surface area (Å²) >= 11 is 0. The van der Waals surface area contributed by atoms with E-state index in [1.165, 1.54) is 0 Å². The van der Waals surface area contributed by atoms with Gasteiger partial charge in [-0.05, 0) is 37.8 Å². The molecule has 4 heteroatoms. The van der Waals surface area contributed by atoms with E-state index < -0.39 is 11.9 Å². The molecule has 0 N–H and O–H groups in total. The number of benzene rings is 1. The van der Waals surface area contributed by atoms with Crippen molar-refractivity contribution in [2.24, 2.45) is 5.92 Å². The summed E-state index contributed by atoms with van der Waals surface area (Å²) in [7, 11) is 1.67. The Morgan fingerprint density at radius 2 is 1.76 bits per heavy atom. The van der Waals surface area contributed by atoms with Crippen LogP contribution in [-0.4, -0.2) is 25.2 Å². The lowest BCUT2D eigenvalue weighted by Gasteiger charge is -2.25. The van der Waals surface area contributed by atoms with E-state index in [9.17, 15) is 9.59 Å². The molecule has 1 aromatic rings. The maximum absolute atomic E-state index is 11.9. The molecule has 0 bridgehead atoms. The van der Waals surface area contributed by atoms with Crippen LogP contribution in [0.4, 0.5) is 0 Å². The van der Waals surface area contributed by atoms with Crippen molar-refractivity contribution in [3.63, 3.8) is 0 Å². The molecule has 110 valence electrons. The Bertz CT molecular complexity index is 545. The Kier molecular flexibility index (Phi) is 5.53. The Morgan fingerprint density at radius 3 is 2.38 bits per heavy atom. The highest BCUT2D eigenvalue weighted by atomic mass is 16.6. The van der Waals surface area contributed by atoms with Gasteiger partial charge in [-0.3, -0.25) is 4.79 Å². The summed E-state index contributed by atoms with van der Waals surface area (Å²) in [4.78, 5) is 23.4. The second-order valence-electron chi connectivity index (χ2n) is 5.03. The van der Waals surface area contributed by atoms with Crippen molar-refractivity contribution >= 4 is 11.9 Å². The van der Waals surface area contributed by atoms with Crippen LogP contribution in [0.15, 0.2) is 30.3 Å². The van der Waals surface area contributed by atoms with Crippen molar-refractivity contribution in [1.82, 2.24) is 0 Å². The van der Waals surface area contributed by atoms with Crippen molar-refractivity contribution in [3.05, 3.63) is 35.9 Å². The van der Waals surface area contributed by atoms with Crippen LogP contribution in [0.3, 0.4) is 0 Å². The maximum Gasteiger partial charge on any atom is 0.392 e. The number of hydrogen-bond acceptors (Lipinski definition) is 4. The first-order valence-electron chi connectivity index (χ1n) is 7.04. The molecule has 1 aromatic carbocycles. The predicted octanol–water partition coefficient (Wildman–Crippen LogP) is 2.31. The van der Waals surface area contributed by atoms with Gasteiger partial charge in [0.2, 0.25) is 0 Å². The fourth-order valence-electron chi connectivity index (χ4n) is 2.38. The zero-order chi connectivity index (χ0) is 15.1. The summed E-state index contributed by atoms with van der Waals surface area (Å²) < 4.78 is 10.0. The van der Waals surface area contributed by atoms with Gasteiger partial charge in [0.15, 0.2) is 0 Å². The van der Waals surface area contributed by atoms with Gasteiger partial charge < -0.3 is 9.47 Å². The van der Waals surface area contributed by atoms with Crippen LogP contribution in [0, 0.1) is 17.8 Å². The molecule has 0 radical (unpaired) electrons. The highest BCUT2D eigenvalue weighted by Gasteiger charge is 2.28. The quantitative estimate of drug-likeness (QED) is 0.475. The second-order valence-corrected chi connectivity index (χ2v) is 5.03. The molecule has 21 heavy (non-hydrogen) atoms. The summed E-state index contributed by atoms with van der Waals surface area (Å²) in [5.41, 5.74) is 0.711. The second kappa shape index (κ2) is 7.61. The SMILES string of the molecule is COC1CCC(C(=O)OC(=O)C#Cc2ccccc2)CC1. The number of ether oxygens (including phenoxy) is 2. The van der Waals surface area contributed by atoms with Gasteiger partial charge in [0.1, 0.15) is 0 Å². The summed E-state index contributed by atoms with van der Waals surface area (Å²) in [6.07, 6.45) is 3.23. The molecule has 1 aliphatic carbocycles. The van der Waals surface area contributed by atoms with E-state index in [0.29, 0.717) is 18.4 Å². The summed E-state index contributed by atoms with van der Waals surface area (Å²) in [5.74, 6) is 3.51. The first-order chi connectivity index (χ1) is 10.2. The van der Waals surface area contributed by atoms with Gasteiger partial charge in [0.05, 0.1) is 12.0 Å². The van der Waals surface area contributed by atoms with Crippen molar-refractivity contribution < 1.29 is 19.1 Å². The Balaban J connectivity index is 1.83. The van der Waals surface area contributed by atoms with Crippen LogP contribution in [0.5, 0.6) is 0 Å². The summed E-state index contributed by atoms with van der Waals surface area (Å²) in [6.45, 7) is 0. The Morgan fingerprint density at radius 1 is 1.10 bits per heavy atom. The van der Waals surface area contributed by atoms with Gasteiger partial charge in [-0.1, -0.05) is 24.1 Å². The summed E-state index contributed by atoms with van der Waals surface area (Å²) in [6, 6.07) is 9.09. The largest absolute Gasteiger partial charge is 0.392 e. The number of carbonyl (C=O) groups excluding carboxylic acids is 2. The van der Waals surface area contributed by atoms with Gasteiger partial charge in [-0.2, -0.15) is 0 Å². The van der Waals surface area contributed by atoms with E-state index in [1.54, 1.807) is 19.2 Å². The molecule has 0 unspecified atom stereocenters. The van der Waals surface area contributed by atoms with Crippen molar-refractivity contribution in [2.75, 3.05) is 7.11 Å². The fraction of sp³-hybridized carbons (Fsp3) is 0.412. The number of rotatable bonds is 2. The average molecular weight is 286 g/mol. The van der Waals surface area contributed by atoms with Crippen molar-refractivity contribution in [2.45, 2.75) is 31.8 Å². The number of hydrogen-bond donors (Lipinski definition) is 0. The lowest BCUT2D eigenvalue weighted by Crippen LogP contribution is -2.28. The molecule has 1 saturated carbocycles. The van der Waals surface area contributed by atoms with E-state index in [-0.39, 0.29) is 12.0 Å². The monoisotopic (exact) mass is 286 g/mol. The predicted molar refractivity (Wildman–Crippen MR) is 77.2 cm³/mol. The van der Waals surface area contributed by atoms with Crippen LogP contribution < -0.4 is 0 Å². The smallest absolute Gasteiger partial charge is 0.383 e. The van der Waals surface area contributed by atoms with E-state index in [4.69, 9.17) is 9.47 Å². The van der Waals surface area contributed by atoms with Crippen LogP contribution in [-0.2, 0) is 19.1 Å². The van der Waals surface area contributed by atoms with Gasteiger partial charge in [0.25, 0.3) is 0 Å². The molecule has 0 aromatic heterocycles. The van der Waals surface area contributed by atoms with E-state index in [2.05, 4.69) is 11.8 Å². The third-order valence-corrected chi connectivity index (χ3v) is 3.62. The minimum absolute atomic E-state index is 0.211. The van der Waals surface area contributed by atoms with E-state index in [1.807, 2.05) is 18.2 Å². The standard InChI is InChI=1S/C17H18O4/c1-20-15-10-8-14(9-11-15)17(19)21-16(18)12-7-13-5-3-2-4-6-13/h2-6,14-15H,8-11H2,1H3. The molecule has 0 atom stereocenters. The number of esters is 2. The molecule has 0 amide bonds. The minimum atomic E-state index is -0.794. The third-order valence-electron chi connectivity index (χ3n) is 3.62. The summed E-state index contributed by atoms with van der Waals surface area (Å²) in [5, 5.41) is 0. The Hall–Kier alpha value is -2.12. The topological polar surface area (TPSA) is 52.6 Å². The van der Waals surface area contributed by atoms with Crippen LogP contribution in [0.2, 0.25) is 0 Å². The zero-order valence-corrected chi connectivity index (χ0v) is 12.0. The highest BCUT2D eigenvalue weighted by Crippen LogP contribution is 2.26. The lowest BCUT2D eigenvalue weighted by atomic mass is 9.87. The molecule has 0 heterocycles. The van der Waals surface area contributed by atoms with Crippen LogP contribution in [0.25, 0.3) is 0 Å². The van der Waals surface area contributed by atoms with E-state index in [0.717, 1.165) is 12.8 Å². The van der Waals surface area contributed by atoms with Gasteiger partial charge in [-0.15, -0.1) is 0 Å². The van der Waals surface area contributed by atoms with Gasteiger partial charge in [0, 0.05) is 18.6 Å². The van der Waals surface area contributed by atoms with E-state index >= 15 is 0 Å². The molecule has 0 spiro atoms. The molecule has 4 nitrogen and oxygen atoms in total. The van der Waals surface area contributed by atoms with Crippen molar-refractivity contribution in [3.8, 4) is 11.8 Å². The molecular formula is C17H18O4. The third kappa shape index (κ3) is 4.73. The fourth-order valence-corrected chi connectivity index (χ4v) is 2.38. The number of carbonyl (C=O) groups is 2. The molecule has 0 saturated heterocycles. The molecule has 1 fully saturated rings. The van der Waals surface area contributed by atoms with Gasteiger partial charge in [-0.25, -0.2) is 4.79 Å². The normalized spacial score (nSPS) is 21.0. The molecule has 0 aliphatic heterocycles.